The smallest absolute Gasteiger partial charge is 0.160 e. The molecule has 1 aromatic heterocycles. The van der Waals surface area contributed by atoms with Crippen LogP contribution in [0.25, 0.3) is 5.69 Å². The van der Waals surface area contributed by atoms with Gasteiger partial charge in [-0.15, -0.1) is 0 Å². The number of rotatable bonds is 1. The van der Waals surface area contributed by atoms with Gasteiger partial charge in [0.05, 0.1) is 10.0 Å². The Morgan fingerprint density at radius 2 is 1.50 bits per heavy atom. The highest BCUT2D eigenvalue weighted by atomic mass is 35.5. The van der Waals surface area contributed by atoms with Gasteiger partial charge < -0.3 is 4.57 Å². The molecule has 0 aliphatic rings. The zero-order valence-electron chi connectivity index (χ0n) is 7.05. The minimum Gasteiger partial charge on any atom is -0.324 e. The molecule has 1 nitrogen and oxygen atoms in total. The molecule has 0 spiro atoms. The van der Waals surface area contributed by atoms with Crippen LogP contribution in [0, 0.1) is 5.82 Å². The summed E-state index contributed by atoms with van der Waals surface area (Å²) in [7, 11) is 0. The number of halogens is 3. The summed E-state index contributed by atoms with van der Waals surface area (Å²) in [6.07, 6.45) is 3.67. The zero-order chi connectivity index (χ0) is 10.1. The van der Waals surface area contributed by atoms with E-state index in [1.807, 2.05) is 24.5 Å². The molecular weight excluding hydrogens is 224 g/mol. The maximum absolute atomic E-state index is 13.1. The van der Waals surface area contributed by atoms with Crippen molar-refractivity contribution in [3.8, 4) is 5.69 Å². The maximum atomic E-state index is 13.1. The van der Waals surface area contributed by atoms with Gasteiger partial charge in [-0.2, -0.15) is 0 Å². The van der Waals surface area contributed by atoms with E-state index in [1.165, 1.54) is 12.1 Å². The third-order valence-electron chi connectivity index (χ3n) is 1.87. The summed E-state index contributed by atoms with van der Waals surface area (Å²) in [5.41, 5.74) is 0.742. The molecule has 2 rings (SSSR count). The van der Waals surface area contributed by atoms with Crippen LogP contribution in [0.4, 0.5) is 4.39 Å². The second-order valence-corrected chi connectivity index (χ2v) is 3.63. The van der Waals surface area contributed by atoms with E-state index in [2.05, 4.69) is 0 Å². The first-order valence-electron chi connectivity index (χ1n) is 3.96. The zero-order valence-corrected chi connectivity index (χ0v) is 8.56. The van der Waals surface area contributed by atoms with Gasteiger partial charge in [0.15, 0.2) is 5.82 Å². The molecule has 0 fully saturated rings. The summed E-state index contributed by atoms with van der Waals surface area (Å²) in [4.78, 5) is 0. The lowest BCUT2D eigenvalue weighted by Gasteiger charge is -2.05. The van der Waals surface area contributed by atoms with Gasteiger partial charge in [-0.05, 0) is 24.3 Å². The molecule has 0 saturated heterocycles. The molecule has 1 heterocycles. The molecule has 1 aromatic carbocycles. The van der Waals surface area contributed by atoms with Crippen molar-refractivity contribution in [2.45, 2.75) is 0 Å². The number of hydrogen-bond acceptors (Lipinski definition) is 0. The summed E-state index contributed by atoms with van der Waals surface area (Å²) in [5, 5.41) is 0.0578. The average molecular weight is 230 g/mol. The summed E-state index contributed by atoms with van der Waals surface area (Å²) in [6, 6.07) is 6.79. The second kappa shape index (κ2) is 3.64. The van der Waals surface area contributed by atoms with Crippen LogP contribution >= 0.6 is 23.2 Å². The second-order valence-electron chi connectivity index (χ2n) is 2.81. The van der Waals surface area contributed by atoms with Crippen molar-refractivity contribution in [3.63, 3.8) is 0 Å². The Morgan fingerprint density at radius 3 is 2.00 bits per heavy atom. The van der Waals surface area contributed by atoms with Gasteiger partial charge in [-0.3, -0.25) is 0 Å². The first kappa shape index (κ1) is 9.56. The molecule has 0 aliphatic carbocycles. The highest BCUT2D eigenvalue weighted by molar-refractivity contribution is 6.35. The average Bonchev–Trinajstić information content (AvgIpc) is 2.66. The minimum atomic E-state index is -0.579. The predicted octanol–water partition coefficient (Wildman–Crippen LogP) is 3.92. The van der Waals surface area contributed by atoms with Gasteiger partial charge in [0.2, 0.25) is 0 Å². The lowest BCUT2D eigenvalue weighted by molar-refractivity contribution is 0.628. The molecule has 14 heavy (non-hydrogen) atoms. The molecule has 0 unspecified atom stereocenters. The molecule has 72 valence electrons. The molecule has 0 bridgehead atoms. The molecule has 0 radical (unpaired) electrons. The van der Waals surface area contributed by atoms with Crippen LogP contribution in [-0.2, 0) is 0 Å². The normalized spacial score (nSPS) is 10.5. The Bertz CT molecular complexity index is 428. The van der Waals surface area contributed by atoms with Gasteiger partial charge in [-0.25, -0.2) is 4.39 Å². The van der Waals surface area contributed by atoms with Gasteiger partial charge in [0, 0.05) is 18.1 Å². The Kier molecular flexibility index (Phi) is 2.48. The van der Waals surface area contributed by atoms with E-state index in [-0.39, 0.29) is 10.0 Å². The topological polar surface area (TPSA) is 4.93 Å². The fourth-order valence-corrected chi connectivity index (χ4v) is 1.67. The van der Waals surface area contributed by atoms with E-state index >= 15 is 0 Å². The molecule has 4 heteroatoms. The number of aromatic nitrogens is 1. The highest BCUT2D eigenvalue weighted by Crippen LogP contribution is 2.26. The maximum Gasteiger partial charge on any atom is 0.160 e. The lowest BCUT2D eigenvalue weighted by atomic mass is 10.3. The van der Waals surface area contributed by atoms with Crippen LogP contribution in [0.15, 0.2) is 36.7 Å². The first-order valence-corrected chi connectivity index (χ1v) is 4.72. The van der Waals surface area contributed by atoms with Gasteiger partial charge in [-0.1, -0.05) is 23.2 Å². The first-order chi connectivity index (χ1) is 6.68. The van der Waals surface area contributed by atoms with Crippen LogP contribution in [0.2, 0.25) is 10.0 Å². The van der Waals surface area contributed by atoms with E-state index in [4.69, 9.17) is 23.2 Å². The molecule has 0 N–H and O–H groups in total. The number of nitrogens with zero attached hydrogens (tertiary/aromatic N) is 1. The van der Waals surface area contributed by atoms with Gasteiger partial charge >= 0.3 is 0 Å². The number of hydrogen-bond donors (Lipinski definition) is 0. The van der Waals surface area contributed by atoms with Crippen molar-refractivity contribution in [3.05, 3.63) is 52.5 Å². The van der Waals surface area contributed by atoms with E-state index in [1.54, 1.807) is 4.57 Å². The van der Waals surface area contributed by atoms with E-state index in [9.17, 15) is 4.39 Å². The summed E-state index contributed by atoms with van der Waals surface area (Å²) in [6.45, 7) is 0. The van der Waals surface area contributed by atoms with Crippen LogP contribution < -0.4 is 0 Å². The summed E-state index contributed by atoms with van der Waals surface area (Å²) in [5.74, 6) is -0.579. The van der Waals surface area contributed by atoms with E-state index < -0.39 is 5.82 Å². The Hall–Kier alpha value is -0.990. The predicted molar refractivity (Wildman–Crippen MR) is 55.7 cm³/mol. The van der Waals surface area contributed by atoms with Crippen LogP contribution in [0.3, 0.4) is 0 Å². The van der Waals surface area contributed by atoms with E-state index in [0.717, 1.165) is 5.69 Å². The Morgan fingerprint density at radius 1 is 1.00 bits per heavy atom. The third kappa shape index (κ3) is 1.63. The molecule has 0 atom stereocenters. The quantitative estimate of drug-likeness (QED) is 0.654. The highest BCUT2D eigenvalue weighted by Gasteiger charge is 2.07. The van der Waals surface area contributed by atoms with Crippen LogP contribution in [0.5, 0.6) is 0 Å². The Balaban J connectivity index is 2.57. The molecule has 2 aromatic rings. The van der Waals surface area contributed by atoms with Crippen LogP contribution in [-0.4, -0.2) is 4.57 Å². The fourth-order valence-electron chi connectivity index (χ4n) is 1.20. The lowest BCUT2D eigenvalue weighted by Crippen LogP contribution is -1.91. The summed E-state index contributed by atoms with van der Waals surface area (Å²) >= 11 is 11.3. The molecule has 0 aliphatic heterocycles. The third-order valence-corrected chi connectivity index (χ3v) is 2.42. The summed E-state index contributed by atoms with van der Waals surface area (Å²) < 4.78 is 14.9. The van der Waals surface area contributed by atoms with Crippen molar-refractivity contribution < 1.29 is 4.39 Å². The molecular formula is C10H6Cl2FN. The van der Waals surface area contributed by atoms with Crippen LogP contribution in [0.1, 0.15) is 0 Å². The fraction of sp³-hybridized carbons (Fsp3) is 0. The standard InChI is InChI=1S/C10H6Cl2FN/c11-8-5-7(6-9(12)10(8)13)14-3-1-2-4-14/h1-6H. The minimum absolute atomic E-state index is 0.0289. The van der Waals surface area contributed by atoms with Crippen molar-refractivity contribution in [1.29, 1.82) is 0 Å². The van der Waals surface area contributed by atoms with Crippen molar-refractivity contribution in [1.82, 2.24) is 4.57 Å². The van der Waals surface area contributed by atoms with Crippen molar-refractivity contribution in [2.75, 3.05) is 0 Å². The SMILES string of the molecule is Fc1c(Cl)cc(-n2cccc2)cc1Cl. The van der Waals surface area contributed by atoms with Crippen molar-refractivity contribution in [2.24, 2.45) is 0 Å². The van der Waals surface area contributed by atoms with Crippen molar-refractivity contribution >= 4 is 23.2 Å². The van der Waals surface area contributed by atoms with Gasteiger partial charge in [0.1, 0.15) is 0 Å². The molecule has 0 saturated carbocycles. The van der Waals surface area contributed by atoms with E-state index in [0.29, 0.717) is 0 Å². The number of benzene rings is 1. The largest absolute Gasteiger partial charge is 0.324 e. The Labute approximate surface area is 90.7 Å². The monoisotopic (exact) mass is 229 g/mol. The molecule has 0 amide bonds. The van der Waals surface area contributed by atoms with Gasteiger partial charge in [0.25, 0.3) is 0 Å².